The second-order valence-corrected chi connectivity index (χ2v) is 5.44. The van der Waals surface area contributed by atoms with Gasteiger partial charge in [-0.05, 0) is 45.0 Å². The van der Waals surface area contributed by atoms with Crippen LogP contribution in [0.25, 0.3) is 0 Å². The minimum atomic E-state index is -0.246. The third kappa shape index (κ3) is 4.68. The molecule has 5 nitrogen and oxygen atoms in total. The molecule has 2 rings (SSSR count). The number of ether oxygens (including phenoxy) is 1. The number of amides is 2. The molecule has 0 spiro atoms. The number of urea groups is 1. The number of rotatable bonds is 3. The van der Waals surface area contributed by atoms with Crippen molar-refractivity contribution in [3.05, 3.63) is 24.3 Å². The summed E-state index contributed by atoms with van der Waals surface area (Å²) in [6, 6.07) is 7.61. The van der Waals surface area contributed by atoms with Crippen LogP contribution in [0.2, 0.25) is 0 Å². The van der Waals surface area contributed by atoms with Crippen LogP contribution >= 0.6 is 0 Å². The first-order chi connectivity index (χ1) is 10.6. The van der Waals surface area contributed by atoms with Crippen molar-refractivity contribution >= 4 is 17.4 Å². The summed E-state index contributed by atoms with van der Waals surface area (Å²) in [6.07, 6.45) is 0.457. The molecule has 1 aromatic carbocycles. The molecular formula is C17H23N3O2. The number of nitrogens with zero attached hydrogens (tertiary/aromatic N) is 1. The standard InChI is InChI=1S/C17H23N3O2/c1-4-5-10-18-17(21)19-15-6-8-16(9-7-15)20-11-13(2)22-14(3)12-20/h6-9,13-14H,10-12H2,1-3H3,(H2,18,19,21)/t13-,14-/m1/s1. The molecule has 2 N–H and O–H groups in total. The van der Waals surface area contributed by atoms with Crippen molar-refractivity contribution in [3.63, 3.8) is 0 Å². The molecule has 2 atom stereocenters. The number of hydrogen-bond donors (Lipinski definition) is 2. The van der Waals surface area contributed by atoms with Crippen molar-refractivity contribution in [2.24, 2.45) is 0 Å². The number of anilines is 2. The Bertz CT molecular complexity index is 550. The van der Waals surface area contributed by atoms with E-state index in [9.17, 15) is 4.79 Å². The van der Waals surface area contributed by atoms with Gasteiger partial charge in [0.15, 0.2) is 0 Å². The van der Waals surface area contributed by atoms with E-state index in [1.165, 1.54) is 0 Å². The minimum Gasteiger partial charge on any atom is -0.372 e. The number of benzene rings is 1. The van der Waals surface area contributed by atoms with Crippen molar-refractivity contribution in [3.8, 4) is 11.8 Å². The summed E-state index contributed by atoms with van der Waals surface area (Å²) in [5, 5.41) is 5.46. The van der Waals surface area contributed by atoms with Gasteiger partial charge in [0.05, 0.1) is 18.8 Å². The van der Waals surface area contributed by atoms with E-state index < -0.39 is 0 Å². The van der Waals surface area contributed by atoms with Crippen LogP contribution < -0.4 is 15.5 Å². The number of hydrogen-bond acceptors (Lipinski definition) is 3. The lowest BCUT2D eigenvalue weighted by atomic mass is 10.2. The quantitative estimate of drug-likeness (QED) is 0.843. The van der Waals surface area contributed by atoms with Crippen LogP contribution in [-0.2, 0) is 4.74 Å². The Labute approximate surface area is 132 Å². The Morgan fingerprint density at radius 2 is 1.91 bits per heavy atom. The Hall–Kier alpha value is -2.19. The van der Waals surface area contributed by atoms with Crippen molar-refractivity contribution in [2.45, 2.75) is 33.0 Å². The molecule has 5 heteroatoms. The van der Waals surface area contributed by atoms with Crippen LogP contribution in [0.15, 0.2) is 24.3 Å². The Morgan fingerprint density at radius 1 is 1.27 bits per heavy atom. The zero-order valence-electron chi connectivity index (χ0n) is 13.3. The summed E-state index contributed by atoms with van der Waals surface area (Å²) in [5.74, 6) is 5.51. The van der Waals surface area contributed by atoms with Gasteiger partial charge in [0, 0.05) is 24.5 Å². The second-order valence-electron chi connectivity index (χ2n) is 5.44. The number of morpholine rings is 1. The maximum absolute atomic E-state index is 11.6. The molecule has 1 aliphatic heterocycles. The summed E-state index contributed by atoms with van der Waals surface area (Å²) < 4.78 is 5.74. The smallest absolute Gasteiger partial charge is 0.319 e. The molecule has 1 aromatic rings. The van der Waals surface area contributed by atoms with E-state index in [-0.39, 0.29) is 18.2 Å². The van der Waals surface area contributed by atoms with Crippen LogP contribution in [0.1, 0.15) is 20.8 Å². The summed E-state index contributed by atoms with van der Waals surface area (Å²) in [4.78, 5) is 13.9. The van der Waals surface area contributed by atoms with Gasteiger partial charge in [-0.3, -0.25) is 0 Å². The molecule has 1 heterocycles. The highest BCUT2D eigenvalue weighted by molar-refractivity contribution is 5.89. The fourth-order valence-electron chi connectivity index (χ4n) is 2.53. The summed E-state index contributed by atoms with van der Waals surface area (Å²) in [6.45, 7) is 8.03. The van der Waals surface area contributed by atoms with Gasteiger partial charge in [0.2, 0.25) is 0 Å². The fourth-order valence-corrected chi connectivity index (χ4v) is 2.53. The molecule has 0 aromatic heterocycles. The molecule has 0 unspecified atom stereocenters. The first-order valence-electron chi connectivity index (χ1n) is 7.53. The van der Waals surface area contributed by atoms with E-state index in [1.807, 2.05) is 24.3 Å². The van der Waals surface area contributed by atoms with Gasteiger partial charge in [-0.25, -0.2) is 4.79 Å². The fraction of sp³-hybridized carbons (Fsp3) is 0.471. The first kappa shape index (κ1) is 16.2. The van der Waals surface area contributed by atoms with Crippen LogP contribution in [0, 0.1) is 11.8 Å². The van der Waals surface area contributed by atoms with Crippen molar-refractivity contribution < 1.29 is 9.53 Å². The highest BCUT2D eigenvalue weighted by Gasteiger charge is 2.22. The third-order valence-electron chi connectivity index (χ3n) is 3.42. The maximum Gasteiger partial charge on any atom is 0.319 e. The van der Waals surface area contributed by atoms with Gasteiger partial charge >= 0.3 is 6.03 Å². The molecule has 118 valence electrons. The summed E-state index contributed by atoms with van der Waals surface area (Å²) in [7, 11) is 0. The minimum absolute atomic E-state index is 0.229. The normalized spacial score (nSPS) is 20.8. The second kappa shape index (κ2) is 7.71. The zero-order chi connectivity index (χ0) is 15.9. The molecule has 0 radical (unpaired) electrons. The SMILES string of the molecule is CC#CCNC(=O)Nc1ccc(N2C[C@@H](C)O[C@H](C)C2)cc1. The molecular weight excluding hydrogens is 278 g/mol. The lowest BCUT2D eigenvalue weighted by Gasteiger charge is -2.36. The molecule has 0 saturated carbocycles. The van der Waals surface area contributed by atoms with Gasteiger partial charge in [-0.1, -0.05) is 5.92 Å². The lowest BCUT2D eigenvalue weighted by molar-refractivity contribution is -0.00521. The van der Waals surface area contributed by atoms with Gasteiger partial charge < -0.3 is 20.3 Å². The average Bonchev–Trinajstić information content (AvgIpc) is 2.47. The van der Waals surface area contributed by atoms with Crippen LogP contribution in [0.5, 0.6) is 0 Å². The molecule has 1 saturated heterocycles. The molecule has 22 heavy (non-hydrogen) atoms. The number of carbonyl (C=O) groups is 1. The van der Waals surface area contributed by atoms with Crippen molar-refractivity contribution in [2.75, 3.05) is 29.9 Å². The highest BCUT2D eigenvalue weighted by Crippen LogP contribution is 2.22. The molecule has 0 aliphatic carbocycles. The Kier molecular flexibility index (Phi) is 5.68. The Morgan fingerprint density at radius 3 is 2.50 bits per heavy atom. The van der Waals surface area contributed by atoms with Crippen LogP contribution in [-0.4, -0.2) is 37.9 Å². The topological polar surface area (TPSA) is 53.6 Å². The Balaban J connectivity index is 1.92. The van der Waals surface area contributed by atoms with Crippen molar-refractivity contribution in [1.82, 2.24) is 5.32 Å². The summed E-state index contributed by atoms with van der Waals surface area (Å²) in [5.41, 5.74) is 1.91. The van der Waals surface area contributed by atoms with Gasteiger partial charge in [-0.2, -0.15) is 0 Å². The molecule has 1 aliphatic rings. The highest BCUT2D eigenvalue weighted by atomic mass is 16.5. The van der Waals surface area contributed by atoms with Crippen LogP contribution in [0.4, 0.5) is 16.2 Å². The number of nitrogens with one attached hydrogen (secondary N) is 2. The maximum atomic E-state index is 11.6. The third-order valence-corrected chi connectivity index (χ3v) is 3.42. The average molecular weight is 301 g/mol. The van der Waals surface area contributed by atoms with E-state index in [0.717, 1.165) is 24.5 Å². The monoisotopic (exact) mass is 301 g/mol. The molecule has 0 bridgehead atoms. The van der Waals surface area contributed by atoms with E-state index in [1.54, 1.807) is 6.92 Å². The van der Waals surface area contributed by atoms with E-state index in [2.05, 4.69) is 41.2 Å². The van der Waals surface area contributed by atoms with Crippen LogP contribution in [0.3, 0.4) is 0 Å². The largest absolute Gasteiger partial charge is 0.372 e. The lowest BCUT2D eigenvalue weighted by Crippen LogP contribution is -2.45. The summed E-state index contributed by atoms with van der Waals surface area (Å²) >= 11 is 0. The zero-order valence-corrected chi connectivity index (χ0v) is 13.3. The van der Waals surface area contributed by atoms with E-state index in [4.69, 9.17) is 4.74 Å². The van der Waals surface area contributed by atoms with E-state index >= 15 is 0 Å². The molecule has 1 fully saturated rings. The first-order valence-corrected chi connectivity index (χ1v) is 7.53. The van der Waals surface area contributed by atoms with Crippen molar-refractivity contribution in [1.29, 1.82) is 0 Å². The number of carbonyl (C=O) groups excluding carboxylic acids is 1. The predicted octanol–water partition coefficient (Wildman–Crippen LogP) is 2.45. The predicted molar refractivity (Wildman–Crippen MR) is 89.1 cm³/mol. The van der Waals surface area contributed by atoms with Gasteiger partial charge in [0.25, 0.3) is 0 Å². The van der Waals surface area contributed by atoms with E-state index in [0.29, 0.717) is 6.54 Å². The van der Waals surface area contributed by atoms with Gasteiger partial charge in [0.1, 0.15) is 0 Å². The van der Waals surface area contributed by atoms with Gasteiger partial charge in [-0.15, -0.1) is 5.92 Å². The molecule has 2 amide bonds.